The van der Waals surface area contributed by atoms with Gasteiger partial charge in [0.25, 0.3) is 0 Å². The molecular weight excluding hydrogens is 162 g/mol. The summed E-state index contributed by atoms with van der Waals surface area (Å²) in [4.78, 5) is 10.9. The van der Waals surface area contributed by atoms with Gasteiger partial charge in [0.15, 0.2) is 0 Å². The molecule has 0 saturated carbocycles. The summed E-state index contributed by atoms with van der Waals surface area (Å²) in [5.41, 5.74) is 0. The monoisotopic (exact) mass is 177 g/mol. The van der Waals surface area contributed by atoms with Crippen molar-refractivity contribution in [3.63, 3.8) is 0 Å². The van der Waals surface area contributed by atoms with E-state index < -0.39 is 5.38 Å². The SMILES string of the molecule is CCC(C)CNC(=O)C(C)Cl. The molecule has 0 aromatic carbocycles. The van der Waals surface area contributed by atoms with Gasteiger partial charge in [-0.25, -0.2) is 0 Å². The topological polar surface area (TPSA) is 29.1 Å². The van der Waals surface area contributed by atoms with Crippen molar-refractivity contribution in [1.82, 2.24) is 5.32 Å². The van der Waals surface area contributed by atoms with Crippen LogP contribution in [-0.4, -0.2) is 17.8 Å². The summed E-state index contributed by atoms with van der Waals surface area (Å²) in [5, 5.41) is 2.34. The van der Waals surface area contributed by atoms with Crippen molar-refractivity contribution in [2.45, 2.75) is 32.6 Å². The van der Waals surface area contributed by atoms with Crippen LogP contribution in [0.25, 0.3) is 0 Å². The molecule has 0 aliphatic rings. The molecule has 0 saturated heterocycles. The molecule has 1 amide bonds. The standard InChI is InChI=1S/C8H16ClNO/c1-4-6(2)5-10-8(11)7(3)9/h6-7H,4-5H2,1-3H3,(H,10,11). The zero-order valence-electron chi connectivity index (χ0n) is 7.36. The maximum Gasteiger partial charge on any atom is 0.237 e. The second kappa shape index (κ2) is 5.42. The Labute approximate surface area is 73.3 Å². The molecule has 0 spiro atoms. The minimum Gasteiger partial charge on any atom is -0.355 e. The molecule has 2 atom stereocenters. The highest BCUT2D eigenvalue weighted by molar-refractivity contribution is 6.30. The second-order valence-electron chi connectivity index (χ2n) is 2.87. The third-order valence-electron chi connectivity index (χ3n) is 1.68. The van der Waals surface area contributed by atoms with Crippen molar-refractivity contribution in [2.24, 2.45) is 5.92 Å². The Balaban J connectivity index is 3.46. The number of carbonyl (C=O) groups is 1. The van der Waals surface area contributed by atoms with Gasteiger partial charge in [0.05, 0.1) is 0 Å². The van der Waals surface area contributed by atoms with E-state index >= 15 is 0 Å². The minimum atomic E-state index is -0.418. The van der Waals surface area contributed by atoms with Crippen LogP contribution in [0, 0.1) is 5.92 Å². The summed E-state index contributed by atoms with van der Waals surface area (Å²) in [6, 6.07) is 0. The fourth-order valence-electron chi connectivity index (χ4n) is 0.560. The molecule has 0 aromatic rings. The number of hydrogen-bond acceptors (Lipinski definition) is 1. The van der Waals surface area contributed by atoms with Gasteiger partial charge in [0.1, 0.15) is 5.38 Å². The molecule has 0 aliphatic carbocycles. The zero-order valence-corrected chi connectivity index (χ0v) is 8.11. The molecule has 0 bridgehead atoms. The average molecular weight is 178 g/mol. The Morgan fingerprint density at radius 1 is 1.55 bits per heavy atom. The largest absolute Gasteiger partial charge is 0.355 e. The Hall–Kier alpha value is -0.240. The fourth-order valence-corrected chi connectivity index (χ4v) is 0.637. The molecule has 3 heteroatoms. The predicted octanol–water partition coefficient (Wildman–Crippen LogP) is 1.78. The Bertz CT molecular complexity index is 125. The van der Waals surface area contributed by atoms with Crippen LogP contribution in [-0.2, 0) is 4.79 Å². The van der Waals surface area contributed by atoms with Crippen LogP contribution in [0.2, 0.25) is 0 Å². The summed E-state index contributed by atoms with van der Waals surface area (Å²) in [6.07, 6.45) is 1.08. The van der Waals surface area contributed by atoms with Crippen LogP contribution in [0.1, 0.15) is 27.2 Å². The fraction of sp³-hybridized carbons (Fsp3) is 0.875. The molecule has 0 aromatic heterocycles. The van der Waals surface area contributed by atoms with Crippen LogP contribution in [0.15, 0.2) is 0 Å². The van der Waals surface area contributed by atoms with Crippen LogP contribution in [0.5, 0.6) is 0 Å². The molecule has 0 aliphatic heterocycles. The highest BCUT2D eigenvalue weighted by Gasteiger charge is 2.08. The van der Waals surface area contributed by atoms with Crippen molar-refractivity contribution in [2.75, 3.05) is 6.54 Å². The molecule has 2 unspecified atom stereocenters. The van der Waals surface area contributed by atoms with Gasteiger partial charge in [-0.15, -0.1) is 11.6 Å². The normalized spacial score (nSPS) is 15.6. The quantitative estimate of drug-likeness (QED) is 0.652. The first kappa shape index (κ1) is 10.8. The third kappa shape index (κ3) is 5.08. The highest BCUT2D eigenvalue weighted by atomic mass is 35.5. The van der Waals surface area contributed by atoms with Gasteiger partial charge in [-0.3, -0.25) is 4.79 Å². The summed E-state index contributed by atoms with van der Waals surface area (Å²) >= 11 is 5.54. The number of carbonyl (C=O) groups excluding carboxylic acids is 1. The van der Waals surface area contributed by atoms with Gasteiger partial charge in [-0.05, 0) is 12.8 Å². The Kier molecular flexibility index (Phi) is 5.30. The number of rotatable bonds is 4. The third-order valence-corrected chi connectivity index (χ3v) is 1.88. The van der Waals surface area contributed by atoms with E-state index in [-0.39, 0.29) is 5.91 Å². The van der Waals surface area contributed by atoms with Crippen LogP contribution in [0.3, 0.4) is 0 Å². The number of alkyl halides is 1. The molecular formula is C8H16ClNO. The van der Waals surface area contributed by atoms with Crippen molar-refractivity contribution < 1.29 is 4.79 Å². The number of halogens is 1. The predicted molar refractivity (Wildman–Crippen MR) is 47.8 cm³/mol. The van der Waals surface area contributed by atoms with Crippen LogP contribution in [0.4, 0.5) is 0 Å². The Morgan fingerprint density at radius 3 is 2.45 bits per heavy atom. The first-order valence-corrected chi connectivity index (χ1v) is 4.43. The second-order valence-corrected chi connectivity index (χ2v) is 3.53. The van der Waals surface area contributed by atoms with E-state index in [9.17, 15) is 4.79 Å². The Morgan fingerprint density at radius 2 is 2.09 bits per heavy atom. The number of nitrogens with one attached hydrogen (secondary N) is 1. The molecule has 2 nitrogen and oxygen atoms in total. The van der Waals surface area contributed by atoms with E-state index in [0.29, 0.717) is 5.92 Å². The lowest BCUT2D eigenvalue weighted by Crippen LogP contribution is -2.32. The summed E-state index contributed by atoms with van der Waals surface area (Å²) in [6.45, 7) is 6.60. The molecule has 1 N–H and O–H groups in total. The van der Waals surface area contributed by atoms with Gasteiger partial charge in [0, 0.05) is 6.54 Å². The molecule has 0 heterocycles. The smallest absolute Gasteiger partial charge is 0.237 e. The molecule has 66 valence electrons. The average Bonchev–Trinajstić information content (AvgIpc) is 1.99. The van der Waals surface area contributed by atoms with Gasteiger partial charge in [0.2, 0.25) is 5.91 Å². The van der Waals surface area contributed by atoms with E-state index in [0.717, 1.165) is 13.0 Å². The van der Waals surface area contributed by atoms with E-state index in [2.05, 4.69) is 19.2 Å². The van der Waals surface area contributed by atoms with E-state index in [1.54, 1.807) is 6.92 Å². The molecule has 11 heavy (non-hydrogen) atoms. The van der Waals surface area contributed by atoms with Crippen LogP contribution < -0.4 is 5.32 Å². The van der Waals surface area contributed by atoms with E-state index in [1.165, 1.54) is 0 Å². The van der Waals surface area contributed by atoms with Crippen molar-refractivity contribution >= 4 is 17.5 Å². The summed E-state index contributed by atoms with van der Waals surface area (Å²) < 4.78 is 0. The van der Waals surface area contributed by atoms with Crippen molar-refractivity contribution in [1.29, 1.82) is 0 Å². The lowest BCUT2D eigenvalue weighted by molar-refractivity contribution is -0.120. The van der Waals surface area contributed by atoms with Crippen LogP contribution >= 0.6 is 11.6 Å². The number of amides is 1. The maximum atomic E-state index is 10.9. The molecule has 0 fully saturated rings. The lowest BCUT2D eigenvalue weighted by Gasteiger charge is -2.10. The summed E-state index contributed by atoms with van der Waals surface area (Å²) in [5.74, 6) is 0.460. The highest BCUT2D eigenvalue weighted by Crippen LogP contribution is 1.98. The van der Waals surface area contributed by atoms with Crippen molar-refractivity contribution in [3.8, 4) is 0 Å². The minimum absolute atomic E-state index is 0.0769. The maximum absolute atomic E-state index is 10.9. The van der Waals surface area contributed by atoms with E-state index in [1.807, 2.05) is 0 Å². The van der Waals surface area contributed by atoms with Gasteiger partial charge in [-0.1, -0.05) is 20.3 Å². The number of hydrogen-bond donors (Lipinski definition) is 1. The van der Waals surface area contributed by atoms with Crippen molar-refractivity contribution in [3.05, 3.63) is 0 Å². The summed E-state index contributed by atoms with van der Waals surface area (Å²) in [7, 11) is 0. The van der Waals surface area contributed by atoms with Gasteiger partial charge < -0.3 is 5.32 Å². The van der Waals surface area contributed by atoms with Gasteiger partial charge in [-0.2, -0.15) is 0 Å². The molecule has 0 rings (SSSR count). The zero-order chi connectivity index (χ0) is 8.85. The first-order chi connectivity index (χ1) is 5.07. The lowest BCUT2D eigenvalue weighted by atomic mass is 10.1. The van der Waals surface area contributed by atoms with Gasteiger partial charge >= 0.3 is 0 Å². The molecule has 0 radical (unpaired) electrons. The first-order valence-electron chi connectivity index (χ1n) is 3.99. The van der Waals surface area contributed by atoms with E-state index in [4.69, 9.17) is 11.6 Å².